The second-order valence-corrected chi connectivity index (χ2v) is 4.39. The number of benzene rings is 2. The first-order chi connectivity index (χ1) is 10.8. The minimum Gasteiger partial charge on any atom is -0.406 e. The number of halogens is 5. The largest absolute Gasteiger partial charge is 0.573 e. The van der Waals surface area contributed by atoms with E-state index < -0.39 is 29.3 Å². The van der Waals surface area contributed by atoms with Gasteiger partial charge in [-0.2, -0.15) is 0 Å². The molecule has 0 atom stereocenters. The van der Waals surface area contributed by atoms with Gasteiger partial charge in [-0.05, 0) is 42.0 Å². The Labute approximate surface area is 129 Å². The zero-order valence-electron chi connectivity index (χ0n) is 11.5. The zero-order chi connectivity index (χ0) is 17.0. The molecule has 0 saturated carbocycles. The summed E-state index contributed by atoms with van der Waals surface area (Å²) < 4.78 is 67.2. The Morgan fingerprint density at radius 3 is 2.00 bits per heavy atom. The summed E-state index contributed by atoms with van der Waals surface area (Å²) in [4.78, 5) is 0. The molecule has 0 aromatic heterocycles. The third kappa shape index (κ3) is 4.58. The third-order valence-electron chi connectivity index (χ3n) is 2.72. The van der Waals surface area contributed by atoms with E-state index in [-0.39, 0.29) is 11.1 Å². The van der Waals surface area contributed by atoms with Crippen molar-refractivity contribution in [2.75, 3.05) is 0 Å². The van der Waals surface area contributed by atoms with Crippen LogP contribution in [0.15, 0.2) is 43.0 Å². The minimum atomic E-state index is -4.79. The van der Waals surface area contributed by atoms with E-state index in [0.29, 0.717) is 0 Å². The van der Waals surface area contributed by atoms with Gasteiger partial charge >= 0.3 is 6.36 Å². The van der Waals surface area contributed by atoms with Crippen LogP contribution in [0.5, 0.6) is 5.75 Å². The van der Waals surface area contributed by atoms with Gasteiger partial charge in [-0.15, -0.1) is 13.2 Å². The predicted octanol–water partition coefficient (Wildman–Crippen LogP) is 4.91. The lowest BCUT2D eigenvalue weighted by atomic mass is 10.1. The fourth-order valence-corrected chi connectivity index (χ4v) is 1.70. The van der Waals surface area contributed by atoms with E-state index in [9.17, 15) is 22.0 Å². The molecule has 6 heteroatoms. The molecular formula is C17H9F5O. The average Bonchev–Trinajstić information content (AvgIpc) is 2.46. The maximum atomic E-state index is 13.7. The first-order valence-corrected chi connectivity index (χ1v) is 6.28. The van der Waals surface area contributed by atoms with E-state index >= 15 is 0 Å². The summed E-state index contributed by atoms with van der Waals surface area (Å²) in [6.45, 7) is 3.41. The smallest absolute Gasteiger partial charge is 0.406 e. The van der Waals surface area contributed by atoms with Gasteiger partial charge in [0.1, 0.15) is 17.4 Å². The Balaban J connectivity index is 2.24. The van der Waals surface area contributed by atoms with Crippen LogP contribution in [0.25, 0.3) is 6.08 Å². The maximum Gasteiger partial charge on any atom is 0.573 e. The maximum absolute atomic E-state index is 13.7. The molecule has 0 saturated heterocycles. The monoisotopic (exact) mass is 324 g/mol. The van der Waals surface area contributed by atoms with Crippen LogP contribution in [0, 0.1) is 23.5 Å². The van der Waals surface area contributed by atoms with E-state index in [1.165, 1.54) is 18.2 Å². The molecule has 0 fully saturated rings. The van der Waals surface area contributed by atoms with Gasteiger partial charge in [0.25, 0.3) is 0 Å². The topological polar surface area (TPSA) is 9.23 Å². The molecule has 0 aliphatic rings. The van der Waals surface area contributed by atoms with Crippen LogP contribution in [0.2, 0.25) is 0 Å². The summed E-state index contributed by atoms with van der Waals surface area (Å²) >= 11 is 0. The number of alkyl halides is 3. The minimum absolute atomic E-state index is 0.277. The van der Waals surface area contributed by atoms with Gasteiger partial charge in [-0.1, -0.05) is 24.5 Å². The van der Waals surface area contributed by atoms with Crippen molar-refractivity contribution in [3.63, 3.8) is 0 Å². The van der Waals surface area contributed by atoms with Crippen LogP contribution in [0.4, 0.5) is 22.0 Å². The van der Waals surface area contributed by atoms with Gasteiger partial charge in [0.05, 0.1) is 5.56 Å². The second kappa shape index (κ2) is 6.53. The predicted molar refractivity (Wildman–Crippen MR) is 75.6 cm³/mol. The molecule has 2 aromatic rings. The fourth-order valence-electron chi connectivity index (χ4n) is 1.70. The molecule has 0 heterocycles. The highest BCUT2D eigenvalue weighted by Crippen LogP contribution is 2.22. The lowest BCUT2D eigenvalue weighted by Crippen LogP contribution is -2.16. The second-order valence-electron chi connectivity index (χ2n) is 4.39. The molecule has 23 heavy (non-hydrogen) atoms. The van der Waals surface area contributed by atoms with Gasteiger partial charge in [0, 0.05) is 5.56 Å². The molecule has 1 nitrogen and oxygen atoms in total. The summed E-state index contributed by atoms with van der Waals surface area (Å²) in [6, 6.07) is 6.79. The van der Waals surface area contributed by atoms with Crippen molar-refractivity contribution in [3.8, 4) is 17.6 Å². The molecule has 2 rings (SSSR count). The van der Waals surface area contributed by atoms with E-state index in [4.69, 9.17) is 0 Å². The molecule has 0 N–H and O–H groups in total. The van der Waals surface area contributed by atoms with Gasteiger partial charge < -0.3 is 4.74 Å². The van der Waals surface area contributed by atoms with Crippen molar-refractivity contribution in [2.24, 2.45) is 0 Å². The molecule has 0 aliphatic carbocycles. The van der Waals surface area contributed by atoms with Crippen molar-refractivity contribution in [1.82, 2.24) is 0 Å². The van der Waals surface area contributed by atoms with Crippen LogP contribution in [-0.4, -0.2) is 6.36 Å². The lowest BCUT2D eigenvalue weighted by Gasteiger charge is -2.08. The van der Waals surface area contributed by atoms with E-state index in [0.717, 1.165) is 24.3 Å². The summed E-state index contributed by atoms with van der Waals surface area (Å²) in [5, 5.41) is 0. The molecule has 0 amide bonds. The van der Waals surface area contributed by atoms with Gasteiger partial charge in [-0.3, -0.25) is 0 Å². The first kappa shape index (κ1) is 16.6. The van der Waals surface area contributed by atoms with Crippen LogP contribution >= 0.6 is 0 Å². The molecule has 0 bridgehead atoms. The van der Waals surface area contributed by atoms with Crippen LogP contribution in [-0.2, 0) is 0 Å². The van der Waals surface area contributed by atoms with Crippen molar-refractivity contribution in [2.45, 2.75) is 6.36 Å². The molecule has 0 aliphatic heterocycles. The third-order valence-corrected chi connectivity index (χ3v) is 2.72. The Morgan fingerprint density at radius 1 is 0.957 bits per heavy atom. The summed E-state index contributed by atoms with van der Waals surface area (Å²) in [6.07, 6.45) is -3.49. The van der Waals surface area contributed by atoms with Crippen LogP contribution < -0.4 is 4.74 Å². The molecular weight excluding hydrogens is 315 g/mol. The quantitative estimate of drug-likeness (QED) is 0.563. The number of rotatable bonds is 2. The molecule has 2 aromatic carbocycles. The van der Waals surface area contributed by atoms with Gasteiger partial charge in [0.2, 0.25) is 0 Å². The molecule has 118 valence electrons. The number of hydrogen-bond acceptors (Lipinski definition) is 1. The highest BCUT2D eigenvalue weighted by molar-refractivity contribution is 5.52. The van der Waals surface area contributed by atoms with E-state index in [1.54, 1.807) is 0 Å². The fraction of sp³-hybridized carbons (Fsp3) is 0.0588. The summed E-state index contributed by atoms with van der Waals surface area (Å²) in [5.74, 6) is 2.70. The Morgan fingerprint density at radius 2 is 1.52 bits per heavy atom. The lowest BCUT2D eigenvalue weighted by molar-refractivity contribution is -0.274. The first-order valence-electron chi connectivity index (χ1n) is 6.28. The van der Waals surface area contributed by atoms with Gasteiger partial charge in [0.15, 0.2) is 0 Å². The zero-order valence-corrected chi connectivity index (χ0v) is 11.5. The highest BCUT2D eigenvalue weighted by Gasteiger charge is 2.30. The summed E-state index contributed by atoms with van der Waals surface area (Å²) in [7, 11) is 0. The van der Waals surface area contributed by atoms with Crippen LogP contribution in [0.3, 0.4) is 0 Å². The average molecular weight is 324 g/mol. The van der Waals surface area contributed by atoms with Crippen molar-refractivity contribution >= 4 is 6.08 Å². The van der Waals surface area contributed by atoms with Crippen LogP contribution in [0.1, 0.15) is 16.7 Å². The van der Waals surface area contributed by atoms with E-state index in [2.05, 4.69) is 23.2 Å². The standard InChI is InChI=1S/C17H9F5O/c1-2-11-9-15(18)14(16(19)10-11)8-5-12-3-6-13(7-4-12)23-17(20,21)22/h2-4,6-7,9-10H,1H2. The molecule has 0 spiro atoms. The SMILES string of the molecule is C=Cc1cc(F)c(C#Cc2ccc(OC(F)(F)F)cc2)c(F)c1. The number of hydrogen-bond donors (Lipinski definition) is 0. The molecule has 0 unspecified atom stereocenters. The Kier molecular flexibility index (Phi) is 4.70. The van der Waals surface area contributed by atoms with Crippen molar-refractivity contribution in [3.05, 3.63) is 71.3 Å². The molecule has 0 radical (unpaired) electrons. The normalized spacial score (nSPS) is 10.7. The van der Waals surface area contributed by atoms with Gasteiger partial charge in [-0.25, -0.2) is 8.78 Å². The Bertz CT molecular complexity index is 756. The highest BCUT2D eigenvalue weighted by atomic mass is 19.4. The Hall–Kier alpha value is -2.81. The number of ether oxygens (including phenoxy) is 1. The van der Waals surface area contributed by atoms with E-state index in [1.807, 2.05) is 0 Å². The summed E-state index contributed by atoms with van der Waals surface area (Å²) in [5.41, 5.74) is 0.136. The van der Waals surface area contributed by atoms with Crippen molar-refractivity contribution < 1.29 is 26.7 Å². The van der Waals surface area contributed by atoms with Crippen molar-refractivity contribution in [1.29, 1.82) is 0 Å².